The van der Waals surface area contributed by atoms with Gasteiger partial charge in [-0.2, -0.15) is 10.2 Å². The number of piperidine rings is 1. The second kappa shape index (κ2) is 8.83. The minimum absolute atomic E-state index is 0.0486. The number of nitrogens with zero attached hydrogens (tertiary/aromatic N) is 5. The van der Waals surface area contributed by atoms with E-state index in [2.05, 4.69) is 27.3 Å². The van der Waals surface area contributed by atoms with Crippen molar-refractivity contribution in [1.29, 1.82) is 0 Å². The van der Waals surface area contributed by atoms with Crippen LogP contribution in [-0.4, -0.2) is 45.0 Å². The molecule has 2 aromatic heterocycles. The molecule has 1 atom stereocenters. The average molecular weight is 441 g/mol. The summed E-state index contributed by atoms with van der Waals surface area (Å²) in [5, 5.41) is 18.7. The number of aromatic nitrogens is 4. The van der Waals surface area contributed by atoms with Gasteiger partial charge in [0.25, 0.3) is 0 Å². The number of anilines is 1. The molecule has 3 heterocycles. The van der Waals surface area contributed by atoms with Crippen LogP contribution in [0.3, 0.4) is 0 Å². The summed E-state index contributed by atoms with van der Waals surface area (Å²) in [6, 6.07) is 7.86. The van der Waals surface area contributed by atoms with Crippen molar-refractivity contribution in [2.45, 2.75) is 53.0 Å². The number of hydrogen-bond donors (Lipinski definition) is 1. The Hall–Kier alpha value is -2.67. The van der Waals surface area contributed by atoms with Crippen LogP contribution in [0.15, 0.2) is 24.3 Å². The van der Waals surface area contributed by atoms with E-state index in [0.717, 1.165) is 66.1 Å². The normalized spacial score (nSPS) is 16.0. The van der Waals surface area contributed by atoms with Gasteiger partial charge in [-0.15, -0.1) is 5.10 Å². The van der Waals surface area contributed by atoms with Crippen molar-refractivity contribution < 1.29 is 4.79 Å². The first-order chi connectivity index (χ1) is 14.9. The maximum absolute atomic E-state index is 12.5. The summed E-state index contributed by atoms with van der Waals surface area (Å²) in [4.78, 5) is 14.7. The molecule has 0 unspecified atom stereocenters. The van der Waals surface area contributed by atoms with Crippen LogP contribution in [0, 0.1) is 19.8 Å². The first-order valence-electron chi connectivity index (χ1n) is 10.9. The van der Waals surface area contributed by atoms with E-state index in [1.54, 1.807) is 0 Å². The van der Waals surface area contributed by atoms with Crippen molar-refractivity contribution in [2.24, 2.45) is 5.92 Å². The van der Waals surface area contributed by atoms with Gasteiger partial charge in [0.1, 0.15) is 5.52 Å². The molecule has 1 saturated heterocycles. The molecule has 1 aliphatic rings. The van der Waals surface area contributed by atoms with Gasteiger partial charge >= 0.3 is 0 Å². The van der Waals surface area contributed by atoms with E-state index in [4.69, 9.17) is 16.7 Å². The molecule has 0 aliphatic carbocycles. The molecule has 0 spiro atoms. The zero-order valence-corrected chi connectivity index (χ0v) is 19.3. The molecule has 0 bridgehead atoms. The van der Waals surface area contributed by atoms with Crippen molar-refractivity contribution in [1.82, 2.24) is 25.3 Å². The molecule has 1 N–H and O–H groups in total. The Kier molecular flexibility index (Phi) is 6.14. The minimum atomic E-state index is 0.0486. The summed E-state index contributed by atoms with van der Waals surface area (Å²) in [7, 11) is 0. The van der Waals surface area contributed by atoms with Crippen LogP contribution in [0.25, 0.3) is 16.6 Å². The van der Waals surface area contributed by atoms with Crippen LogP contribution in [-0.2, 0) is 4.79 Å². The third-order valence-electron chi connectivity index (χ3n) is 6.22. The van der Waals surface area contributed by atoms with Crippen molar-refractivity contribution in [2.75, 3.05) is 18.0 Å². The average Bonchev–Trinajstić information content (AvgIpc) is 3.12. The fourth-order valence-electron chi connectivity index (χ4n) is 4.17. The quantitative estimate of drug-likeness (QED) is 0.642. The van der Waals surface area contributed by atoms with E-state index in [9.17, 15) is 4.79 Å². The lowest BCUT2D eigenvalue weighted by Gasteiger charge is -2.32. The Morgan fingerprint density at radius 2 is 1.87 bits per heavy atom. The highest BCUT2D eigenvalue weighted by molar-refractivity contribution is 6.30. The summed E-state index contributed by atoms with van der Waals surface area (Å²) in [6.45, 7) is 9.67. The SMILES string of the molecule is CC[C@H](C)NC(=O)C1CCN(c2nnc(C)c3c(C)n(-c4ccc(Cl)cc4)nc23)CC1. The summed E-state index contributed by atoms with van der Waals surface area (Å²) in [5.74, 6) is 1.00. The number of carbonyl (C=O) groups is 1. The number of rotatable bonds is 5. The Morgan fingerprint density at radius 3 is 2.52 bits per heavy atom. The summed E-state index contributed by atoms with van der Waals surface area (Å²) >= 11 is 6.05. The molecule has 8 heteroatoms. The maximum atomic E-state index is 12.5. The van der Waals surface area contributed by atoms with Crippen molar-refractivity contribution in [3.05, 3.63) is 40.7 Å². The summed E-state index contributed by atoms with van der Waals surface area (Å²) in [5.41, 5.74) is 3.68. The number of fused-ring (bicyclic) bond motifs is 1. The van der Waals surface area contributed by atoms with Gasteiger partial charge in [0.05, 0.1) is 22.5 Å². The number of halogens is 1. The fourth-order valence-corrected chi connectivity index (χ4v) is 4.30. The van der Waals surface area contributed by atoms with Gasteiger partial charge in [0.2, 0.25) is 5.91 Å². The van der Waals surface area contributed by atoms with Crippen LogP contribution in [0.2, 0.25) is 5.02 Å². The lowest BCUT2D eigenvalue weighted by atomic mass is 9.95. The van der Waals surface area contributed by atoms with Crippen molar-refractivity contribution >= 4 is 34.2 Å². The molecule has 7 nitrogen and oxygen atoms in total. The number of amides is 1. The molecule has 1 aliphatic heterocycles. The number of aryl methyl sites for hydroxylation is 2. The molecule has 4 rings (SSSR count). The largest absolute Gasteiger partial charge is 0.353 e. The van der Waals surface area contributed by atoms with Crippen molar-refractivity contribution in [3.63, 3.8) is 0 Å². The summed E-state index contributed by atoms with van der Waals surface area (Å²) < 4.78 is 1.92. The van der Waals surface area contributed by atoms with Crippen LogP contribution in [0.1, 0.15) is 44.5 Å². The molecule has 1 aromatic carbocycles. The Morgan fingerprint density at radius 1 is 1.19 bits per heavy atom. The smallest absolute Gasteiger partial charge is 0.223 e. The van der Waals surface area contributed by atoms with Crippen LogP contribution < -0.4 is 10.2 Å². The minimum Gasteiger partial charge on any atom is -0.353 e. The standard InChI is InChI=1S/C23H29ClN6O/c1-5-14(2)25-23(31)17-10-12-29(13-11-17)22-21-20(15(3)26-27-22)16(4)30(28-21)19-8-6-18(24)7-9-19/h6-9,14,17H,5,10-13H2,1-4H3,(H,25,31)/t14-/m0/s1. The molecule has 1 fully saturated rings. The second-order valence-corrected chi connectivity index (χ2v) is 8.82. The first kappa shape index (κ1) is 21.6. The van der Waals surface area contributed by atoms with Gasteiger partial charge in [0.15, 0.2) is 5.82 Å². The first-order valence-corrected chi connectivity index (χ1v) is 11.3. The van der Waals surface area contributed by atoms with Gasteiger partial charge in [-0.25, -0.2) is 4.68 Å². The van der Waals surface area contributed by atoms with E-state index in [1.165, 1.54) is 0 Å². The Labute approximate surface area is 187 Å². The van der Waals surface area contributed by atoms with Gasteiger partial charge < -0.3 is 10.2 Å². The van der Waals surface area contributed by atoms with E-state index in [1.807, 2.05) is 49.7 Å². The van der Waals surface area contributed by atoms with Crippen LogP contribution in [0.5, 0.6) is 0 Å². The van der Waals surface area contributed by atoms with Crippen LogP contribution >= 0.6 is 11.6 Å². The Bertz CT molecular complexity index is 1090. The van der Waals surface area contributed by atoms with E-state index in [-0.39, 0.29) is 17.9 Å². The second-order valence-electron chi connectivity index (χ2n) is 8.39. The zero-order valence-electron chi connectivity index (χ0n) is 18.5. The molecule has 0 radical (unpaired) electrons. The van der Waals surface area contributed by atoms with Crippen LogP contribution in [0.4, 0.5) is 5.82 Å². The third kappa shape index (κ3) is 4.24. The number of carbonyl (C=O) groups excluding carboxylic acids is 1. The monoisotopic (exact) mass is 440 g/mol. The van der Waals surface area contributed by atoms with Gasteiger partial charge in [-0.05, 0) is 64.3 Å². The number of nitrogens with one attached hydrogen (secondary N) is 1. The van der Waals surface area contributed by atoms with Gasteiger partial charge in [-0.3, -0.25) is 4.79 Å². The molecule has 3 aromatic rings. The topological polar surface area (TPSA) is 75.9 Å². The lowest BCUT2D eigenvalue weighted by molar-refractivity contribution is -0.126. The lowest BCUT2D eigenvalue weighted by Crippen LogP contribution is -2.43. The third-order valence-corrected chi connectivity index (χ3v) is 6.47. The van der Waals surface area contributed by atoms with E-state index >= 15 is 0 Å². The molecule has 164 valence electrons. The highest BCUT2D eigenvalue weighted by Crippen LogP contribution is 2.31. The molecular formula is C23H29ClN6O. The molecule has 31 heavy (non-hydrogen) atoms. The number of benzene rings is 1. The molecule has 1 amide bonds. The Balaban J connectivity index is 1.61. The maximum Gasteiger partial charge on any atom is 0.223 e. The van der Waals surface area contributed by atoms with Crippen molar-refractivity contribution in [3.8, 4) is 5.69 Å². The zero-order chi connectivity index (χ0) is 22.1. The highest BCUT2D eigenvalue weighted by atomic mass is 35.5. The number of hydrogen-bond acceptors (Lipinski definition) is 5. The summed E-state index contributed by atoms with van der Waals surface area (Å²) in [6.07, 6.45) is 2.55. The molecular weight excluding hydrogens is 412 g/mol. The fraction of sp³-hybridized carbons (Fsp3) is 0.478. The van der Waals surface area contributed by atoms with Gasteiger partial charge in [0, 0.05) is 30.1 Å². The predicted molar refractivity (Wildman–Crippen MR) is 124 cm³/mol. The highest BCUT2D eigenvalue weighted by Gasteiger charge is 2.28. The van der Waals surface area contributed by atoms with E-state index in [0.29, 0.717) is 5.02 Å². The van der Waals surface area contributed by atoms with Gasteiger partial charge in [-0.1, -0.05) is 18.5 Å². The van der Waals surface area contributed by atoms with E-state index < -0.39 is 0 Å². The molecule has 0 saturated carbocycles. The predicted octanol–water partition coefficient (Wildman–Crippen LogP) is 4.22.